The fourth-order valence-corrected chi connectivity index (χ4v) is 4.24. The van der Waals surface area contributed by atoms with E-state index in [1.54, 1.807) is 19.2 Å². The average Bonchev–Trinajstić information content (AvgIpc) is 2.88. The Morgan fingerprint density at radius 3 is 1.69 bits per heavy atom. The number of anilines is 1. The fraction of sp³-hybridized carbons (Fsp3) is 0.538. The van der Waals surface area contributed by atoms with Crippen LogP contribution in [0.15, 0.2) is 36.4 Å². The van der Waals surface area contributed by atoms with Gasteiger partial charge in [-0.15, -0.1) is 0 Å². The van der Waals surface area contributed by atoms with Crippen molar-refractivity contribution in [3.63, 3.8) is 0 Å². The van der Waals surface area contributed by atoms with E-state index < -0.39 is 4.92 Å². The van der Waals surface area contributed by atoms with Crippen LogP contribution in [0.1, 0.15) is 25.7 Å². The number of nitro groups is 1. The lowest BCUT2D eigenvalue weighted by Gasteiger charge is -2.29. The van der Waals surface area contributed by atoms with Gasteiger partial charge in [-0.05, 0) is 58.0 Å². The number of nitrogen functional groups attached to an aromatic ring is 1. The highest BCUT2D eigenvalue weighted by Gasteiger charge is 2.21. The zero-order valence-corrected chi connectivity index (χ0v) is 21.6. The summed E-state index contributed by atoms with van der Waals surface area (Å²) in [5.41, 5.74) is 6.36. The number of ether oxygens (including phenoxy) is 4. The highest BCUT2D eigenvalue weighted by Crippen LogP contribution is 2.32. The number of rotatable bonds is 7. The van der Waals surface area contributed by atoms with Crippen molar-refractivity contribution in [1.82, 2.24) is 9.80 Å². The Balaban J connectivity index is 0.000000202. The number of likely N-dealkylation sites (tertiary alicyclic amines) is 2. The van der Waals surface area contributed by atoms with Gasteiger partial charge in [0.2, 0.25) is 5.75 Å². The van der Waals surface area contributed by atoms with Crippen LogP contribution in [0.4, 0.5) is 11.4 Å². The third-order valence-corrected chi connectivity index (χ3v) is 6.49. The molecular formula is C26H38N4O6. The zero-order chi connectivity index (χ0) is 26.1. The molecule has 36 heavy (non-hydrogen) atoms. The molecule has 10 nitrogen and oxygen atoms in total. The van der Waals surface area contributed by atoms with E-state index in [-0.39, 0.29) is 17.5 Å². The van der Waals surface area contributed by atoms with E-state index >= 15 is 0 Å². The molecule has 2 saturated heterocycles. The predicted molar refractivity (Wildman–Crippen MR) is 139 cm³/mol. The quantitative estimate of drug-likeness (QED) is 0.343. The summed E-state index contributed by atoms with van der Waals surface area (Å²) < 4.78 is 22.0. The van der Waals surface area contributed by atoms with Gasteiger partial charge in [-0.3, -0.25) is 10.1 Å². The minimum absolute atomic E-state index is 0.0433. The van der Waals surface area contributed by atoms with Gasteiger partial charge >= 0.3 is 5.69 Å². The number of methoxy groups -OCH3 is 2. The van der Waals surface area contributed by atoms with Crippen LogP contribution < -0.4 is 24.7 Å². The van der Waals surface area contributed by atoms with Crippen molar-refractivity contribution < 1.29 is 23.9 Å². The van der Waals surface area contributed by atoms with E-state index in [0.717, 1.165) is 57.6 Å². The molecule has 0 saturated carbocycles. The predicted octanol–water partition coefficient (Wildman–Crippen LogP) is 3.83. The summed E-state index contributed by atoms with van der Waals surface area (Å²) in [6, 6.07) is 10.2. The molecule has 2 fully saturated rings. The Bertz CT molecular complexity index is 988. The first kappa shape index (κ1) is 27.3. The lowest BCUT2D eigenvalue weighted by Crippen LogP contribution is -2.35. The van der Waals surface area contributed by atoms with Gasteiger partial charge in [0, 0.05) is 44.4 Å². The standard InChI is InChI=1S/C13H18N2O4.C13H20N2O2/c1-14-7-5-10(6-8-14)19-11-3-4-12(15(16)17)13(9-11)18-2;1-15-7-5-10(6-8-15)17-11-3-4-12(14)13(9-11)16-2/h3-4,9-10H,5-8H2,1-2H3;3-4,9-10H,5-8,14H2,1-2H3. The van der Waals surface area contributed by atoms with Crippen molar-refractivity contribution >= 4 is 11.4 Å². The number of nitro benzene ring substituents is 1. The number of nitrogens with two attached hydrogens (primary N) is 1. The molecule has 0 aromatic heterocycles. The monoisotopic (exact) mass is 502 g/mol. The van der Waals surface area contributed by atoms with Crippen molar-refractivity contribution in [2.45, 2.75) is 37.9 Å². The summed E-state index contributed by atoms with van der Waals surface area (Å²) in [5, 5.41) is 10.8. The summed E-state index contributed by atoms with van der Waals surface area (Å²) in [5.74, 6) is 2.37. The van der Waals surface area contributed by atoms with Gasteiger partial charge in [0.05, 0.1) is 24.8 Å². The van der Waals surface area contributed by atoms with Gasteiger partial charge in [0.1, 0.15) is 29.5 Å². The summed E-state index contributed by atoms with van der Waals surface area (Å²) >= 11 is 0. The molecule has 0 aliphatic carbocycles. The van der Waals surface area contributed by atoms with E-state index in [1.807, 2.05) is 18.2 Å². The maximum atomic E-state index is 10.8. The first-order chi connectivity index (χ1) is 17.3. The lowest BCUT2D eigenvalue weighted by atomic mass is 10.1. The number of hydrogen-bond acceptors (Lipinski definition) is 9. The minimum atomic E-state index is -0.460. The summed E-state index contributed by atoms with van der Waals surface area (Å²) in [7, 11) is 7.26. The van der Waals surface area contributed by atoms with E-state index in [0.29, 0.717) is 23.3 Å². The first-order valence-corrected chi connectivity index (χ1v) is 12.3. The average molecular weight is 503 g/mol. The zero-order valence-electron chi connectivity index (χ0n) is 21.6. The van der Waals surface area contributed by atoms with Gasteiger partial charge in [0.25, 0.3) is 0 Å². The van der Waals surface area contributed by atoms with Crippen LogP contribution in [-0.4, -0.2) is 81.4 Å². The Hall–Kier alpha value is -3.24. The fourth-order valence-electron chi connectivity index (χ4n) is 4.24. The van der Waals surface area contributed by atoms with E-state index in [1.165, 1.54) is 13.2 Å². The van der Waals surface area contributed by atoms with Gasteiger partial charge in [-0.2, -0.15) is 0 Å². The third-order valence-electron chi connectivity index (χ3n) is 6.49. The van der Waals surface area contributed by atoms with Crippen LogP contribution in [0.3, 0.4) is 0 Å². The van der Waals surface area contributed by atoms with E-state index in [2.05, 4.69) is 23.9 Å². The third kappa shape index (κ3) is 7.89. The molecule has 0 radical (unpaired) electrons. The van der Waals surface area contributed by atoms with Crippen molar-refractivity contribution in [2.75, 3.05) is 60.2 Å². The summed E-state index contributed by atoms with van der Waals surface area (Å²) in [4.78, 5) is 14.9. The Labute approximate surface area is 213 Å². The molecule has 2 N–H and O–H groups in total. The van der Waals surface area contributed by atoms with Crippen LogP contribution >= 0.6 is 0 Å². The smallest absolute Gasteiger partial charge is 0.311 e. The van der Waals surface area contributed by atoms with Crippen LogP contribution in [0.25, 0.3) is 0 Å². The van der Waals surface area contributed by atoms with Crippen molar-refractivity contribution in [3.05, 3.63) is 46.5 Å². The largest absolute Gasteiger partial charge is 0.494 e. The van der Waals surface area contributed by atoms with E-state index in [4.69, 9.17) is 24.7 Å². The maximum absolute atomic E-state index is 10.8. The molecule has 0 spiro atoms. The number of hydrogen-bond donors (Lipinski definition) is 1. The summed E-state index contributed by atoms with van der Waals surface area (Å²) in [6.07, 6.45) is 4.56. The molecule has 2 aliphatic rings. The Kier molecular flexibility index (Phi) is 10.0. The molecule has 198 valence electrons. The molecule has 0 amide bonds. The SMILES string of the molecule is COc1cc(OC2CCN(C)CC2)ccc1N.COc1cc(OC2CCN(C)CC2)ccc1[N+](=O)[O-]. The van der Waals surface area contributed by atoms with Crippen molar-refractivity contribution in [2.24, 2.45) is 0 Å². The molecule has 2 aliphatic heterocycles. The van der Waals surface area contributed by atoms with Gasteiger partial charge < -0.3 is 34.5 Å². The van der Waals surface area contributed by atoms with Crippen LogP contribution in [0.2, 0.25) is 0 Å². The molecule has 4 rings (SSSR count). The van der Waals surface area contributed by atoms with Crippen LogP contribution in [0, 0.1) is 10.1 Å². The molecular weight excluding hydrogens is 464 g/mol. The Morgan fingerprint density at radius 2 is 1.25 bits per heavy atom. The molecule has 2 heterocycles. The first-order valence-electron chi connectivity index (χ1n) is 12.3. The molecule has 0 bridgehead atoms. The van der Waals surface area contributed by atoms with Gasteiger partial charge in [0.15, 0.2) is 0 Å². The molecule has 0 atom stereocenters. The normalized spacial score (nSPS) is 17.6. The van der Waals surface area contributed by atoms with Crippen molar-refractivity contribution in [1.29, 1.82) is 0 Å². The van der Waals surface area contributed by atoms with Crippen molar-refractivity contribution in [3.8, 4) is 23.0 Å². The van der Waals surface area contributed by atoms with Crippen LogP contribution in [0.5, 0.6) is 23.0 Å². The lowest BCUT2D eigenvalue weighted by molar-refractivity contribution is -0.385. The second-order valence-corrected chi connectivity index (χ2v) is 9.24. The topological polar surface area (TPSA) is 113 Å². The minimum Gasteiger partial charge on any atom is -0.494 e. The number of piperidine rings is 2. The molecule has 2 aromatic carbocycles. The van der Waals surface area contributed by atoms with Gasteiger partial charge in [-0.1, -0.05) is 0 Å². The second kappa shape index (κ2) is 13.2. The molecule has 10 heteroatoms. The second-order valence-electron chi connectivity index (χ2n) is 9.24. The van der Waals surface area contributed by atoms with Crippen LogP contribution in [-0.2, 0) is 0 Å². The summed E-state index contributed by atoms with van der Waals surface area (Å²) in [6.45, 7) is 4.21. The maximum Gasteiger partial charge on any atom is 0.311 e. The highest BCUT2D eigenvalue weighted by atomic mass is 16.6. The Morgan fingerprint density at radius 1 is 0.806 bits per heavy atom. The number of nitrogens with zero attached hydrogens (tertiary/aromatic N) is 3. The number of benzene rings is 2. The molecule has 0 unspecified atom stereocenters. The van der Waals surface area contributed by atoms with E-state index in [9.17, 15) is 10.1 Å². The van der Waals surface area contributed by atoms with Gasteiger partial charge in [-0.25, -0.2) is 0 Å². The highest BCUT2D eigenvalue weighted by molar-refractivity contribution is 5.55. The molecule has 2 aromatic rings.